The van der Waals surface area contributed by atoms with E-state index in [9.17, 15) is 9.59 Å². The molecule has 2 N–H and O–H groups in total. The minimum absolute atomic E-state index is 0.0340. The molecule has 0 heterocycles. The SMILES string of the molecule is CC(C)(C)NC(=O)CC1(NC(=O)OC(C)(C)C)CCC1. The molecule has 0 aromatic rings. The number of carbonyl (C=O) groups excluding carboxylic acids is 2. The number of alkyl carbamates (subject to hydrolysis) is 1. The van der Waals surface area contributed by atoms with Crippen LogP contribution in [-0.2, 0) is 9.53 Å². The van der Waals surface area contributed by atoms with Gasteiger partial charge in [0, 0.05) is 12.0 Å². The van der Waals surface area contributed by atoms with Crippen molar-refractivity contribution < 1.29 is 14.3 Å². The summed E-state index contributed by atoms with van der Waals surface area (Å²) in [6, 6.07) is 0. The van der Waals surface area contributed by atoms with E-state index in [1.807, 2.05) is 41.5 Å². The molecule has 0 bridgehead atoms. The lowest BCUT2D eigenvalue weighted by atomic mass is 9.74. The number of carbonyl (C=O) groups is 2. The Kier molecular flexibility index (Phi) is 4.72. The minimum Gasteiger partial charge on any atom is -0.444 e. The molecule has 0 radical (unpaired) electrons. The molecule has 1 fully saturated rings. The number of nitrogens with one attached hydrogen (secondary N) is 2. The first kappa shape index (κ1) is 16.8. The molecule has 1 saturated carbocycles. The van der Waals surface area contributed by atoms with Crippen LogP contribution in [0.25, 0.3) is 0 Å². The van der Waals surface area contributed by atoms with Crippen molar-refractivity contribution in [2.75, 3.05) is 0 Å². The van der Waals surface area contributed by atoms with Crippen LogP contribution in [0.1, 0.15) is 67.2 Å². The van der Waals surface area contributed by atoms with E-state index in [0.29, 0.717) is 6.42 Å². The molecule has 5 nitrogen and oxygen atoms in total. The van der Waals surface area contributed by atoms with Gasteiger partial charge in [0.15, 0.2) is 0 Å². The topological polar surface area (TPSA) is 67.4 Å². The fourth-order valence-corrected chi connectivity index (χ4v) is 2.24. The van der Waals surface area contributed by atoms with Gasteiger partial charge in [0.05, 0.1) is 5.54 Å². The van der Waals surface area contributed by atoms with Crippen LogP contribution in [0.5, 0.6) is 0 Å². The van der Waals surface area contributed by atoms with Crippen molar-refractivity contribution in [2.24, 2.45) is 0 Å². The zero-order chi connectivity index (χ0) is 15.6. The molecule has 0 aromatic carbocycles. The molecule has 1 aliphatic carbocycles. The van der Waals surface area contributed by atoms with Crippen molar-refractivity contribution >= 4 is 12.0 Å². The molecule has 0 unspecified atom stereocenters. The maximum atomic E-state index is 12.0. The maximum absolute atomic E-state index is 12.0. The number of amides is 2. The van der Waals surface area contributed by atoms with Crippen LogP contribution in [0.15, 0.2) is 0 Å². The van der Waals surface area contributed by atoms with E-state index >= 15 is 0 Å². The van der Waals surface area contributed by atoms with Crippen molar-refractivity contribution in [1.82, 2.24) is 10.6 Å². The van der Waals surface area contributed by atoms with Gasteiger partial charge in [-0.15, -0.1) is 0 Å². The molecular formula is C15H28N2O3. The Labute approximate surface area is 121 Å². The Morgan fingerprint density at radius 2 is 1.65 bits per heavy atom. The molecule has 0 aliphatic heterocycles. The highest BCUT2D eigenvalue weighted by molar-refractivity contribution is 5.79. The third-order valence-electron chi connectivity index (χ3n) is 3.09. The summed E-state index contributed by atoms with van der Waals surface area (Å²) < 4.78 is 5.27. The van der Waals surface area contributed by atoms with Crippen LogP contribution >= 0.6 is 0 Å². The van der Waals surface area contributed by atoms with E-state index in [2.05, 4.69) is 10.6 Å². The van der Waals surface area contributed by atoms with Crippen LogP contribution < -0.4 is 10.6 Å². The van der Waals surface area contributed by atoms with Gasteiger partial charge in [-0.05, 0) is 60.8 Å². The second-order valence-electron chi connectivity index (χ2n) is 7.74. The van der Waals surface area contributed by atoms with E-state index in [1.165, 1.54) is 0 Å². The molecule has 2 amide bonds. The zero-order valence-electron chi connectivity index (χ0n) is 13.6. The monoisotopic (exact) mass is 284 g/mol. The van der Waals surface area contributed by atoms with Crippen LogP contribution in [0.4, 0.5) is 4.79 Å². The van der Waals surface area contributed by atoms with E-state index in [-0.39, 0.29) is 11.4 Å². The molecule has 1 aliphatic rings. The summed E-state index contributed by atoms with van der Waals surface area (Å²) in [5.41, 5.74) is -1.21. The minimum atomic E-state index is -0.525. The van der Waals surface area contributed by atoms with E-state index < -0.39 is 17.2 Å². The highest BCUT2D eigenvalue weighted by Crippen LogP contribution is 2.35. The summed E-state index contributed by atoms with van der Waals surface area (Å²) in [4.78, 5) is 23.9. The quantitative estimate of drug-likeness (QED) is 0.837. The number of hydrogen-bond acceptors (Lipinski definition) is 3. The number of ether oxygens (including phenoxy) is 1. The third-order valence-corrected chi connectivity index (χ3v) is 3.09. The lowest BCUT2D eigenvalue weighted by Gasteiger charge is -2.42. The summed E-state index contributed by atoms with van der Waals surface area (Å²) in [7, 11) is 0. The van der Waals surface area contributed by atoms with Crippen molar-refractivity contribution in [3.05, 3.63) is 0 Å². The average Bonchev–Trinajstić information content (AvgIpc) is 2.07. The largest absolute Gasteiger partial charge is 0.444 e. The molecule has 0 aromatic heterocycles. The first-order valence-electron chi connectivity index (χ1n) is 7.23. The summed E-state index contributed by atoms with van der Waals surface area (Å²) in [6.45, 7) is 11.3. The summed E-state index contributed by atoms with van der Waals surface area (Å²) in [5, 5.41) is 5.81. The van der Waals surface area contributed by atoms with Crippen molar-refractivity contribution in [2.45, 2.75) is 83.9 Å². The Balaban J connectivity index is 2.56. The highest BCUT2D eigenvalue weighted by Gasteiger charge is 2.41. The van der Waals surface area contributed by atoms with Crippen LogP contribution in [0, 0.1) is 0 Å². The van der Waals surface area contributed by atoms with Gasteiger partial charge >= 0.3 is 6.09 Å². The van der Waals surface area contributed by atoms with Crippen molar-refractivity contribution in [3.63, 3.8) is 0 Å². The third kappa shape index (κ3) is 5.80. The molecule has 0 atom stereocenters. The lowest BCUT2D eigenvalue weighted by molar-refractivity contribution is -0.124. The predicted molar refractivity (Wildman–Crippen MR) is 78.5 cm³/mol. The Morgan fingerprint density at radius 3 is 2.00 bits per heavy atom. The van der Waals surface area contributed by atoms with E-state index in [0.717, 1.165) is 19.3 Å². The number of rotatable bonds is 3. The van der Waals surface area contributed by atoms with Crippen molar-refractivity contribution in [3.8, 4) is 0 Å². The van der Waals surface area contributed by atoms with Gasteiger partial charge in [-0.25, -0.2) is 4.79 Å². The second-order valence-corrected chi connectivity index (χ2v) is 7.74. The maximum Gasteiger partial charge on any atom is 0.408 e. The van der Waals surface area contributed by atoms with Gasteiger partial charge in [0.1, 0.15) is 5.60 Å². The molecule has 0 saturated heterocycles. The molecule has 116 valence electrons. The van der Waals surface area contributed by atoms with Gasteiger partial charge in [0.2, 0.25) is 5.91 Å². The van der Waals surface area contributed by atoms with Gasteiger partial charge in [-0.2, -0.15) is 0 Å². The average molecular weight is 284 g/mol. The summed E-state index contributed by atoms with van der Waals surface area (Å²) in [6.07, 6.45) is 2.54. The standard InChI is InChI=1S/C15H28N2O3/c1-13(2,3)16-11(18)10-15(8-7-9-15)17-12(19)20-14(4,5)6/h7-10H2,1-6H3,(H,16,18)(H,17,19). The summed E-state index contributed by atoms with van der Waals surface area (Å²) in [5.74, 6) is -0.0340. The first-order chi connectivity index (χ1) is 8.91. The molecule has 0 spiro atoms. The highest BCUT2D eigenvalue weighted by atomic mass is 16.6. The second kappa shape index (κ2) is 5.62. The Morgan fingerprint density at radius 1 is 1.10 bits per heavy atom. The van der Waals surface area contributed by atoms with Crippen LogP contribution in [0.2, 0.25) is 0 Å². The van der Waals surface area contributed by atoms with Crippen LogP contribution in [0.3, 0.4) is 0 Å². The zero-order valence-corrected chi connectivity index (χ0v) is 13.6. The fourth-order valence-electron chi connectivity index (χ4n) is 2.24. The number of hydrogen-bond donors (Lipinski definition) is 2. The predicted octanol–water partition coefficient (Wildman–Crippen LogP) is 2.74. The normalized spacial score (nSPS) is 17.9. The molecule has 1 rings (SSSR count). The molecule has 5 heteroatoms. The van der Waals surface area contributed by atoms with Gasteiger partial charge < -0.3 is 15.4 Å². The lowest BCUT2D eigenvalue weighted by Crippen LogP contribution is -2.57. The van der Waals surface area contributed by atoms with Gasteiger partial charge in [-0.3, -0.25) is 4.79 Å². The van der Waals surface area contributed by atoms with Gasteiger partial charge in [0.25, 0.3) is 0 Å². The fraction of sp³-hybridized carbons (Fsp3) is 0.867. The van der Waals surface area contributed by atoms with Gasteiger partial charge in [-0.1, -0.05) is 0 Å². The summed E-state index contributed by atoms with van der Waals surface area (Å²) >= 11 is 0. The van der Waals surface area contributed by atoms with E-state index in [1.54, 1.807) is 0 Å². The Hall–Kier alpha value is -1.26. The Bertz CT molecular complexity index is 342. The first-order valence-corrected chi connectivity index (χ1v) is 7.23. The molecular weight excluding hydrogens is 256 g/mol. The van der Waals surface area contributed by atoms with E-state index in [4.69, 9.17) is 4.74 Å². The van der Waals surface area contributed by atoms with Crippen LogP contribution in [-0.4, -0.2) is 28.7 Å². The van der Waals surface area contributed by atoms with Crippen molar-refractivity contribution in [1.29, 1.82) is 0 Å². The smallest absolute Gasteiger partial charge is 0.408 e. The molecule has 20 heavy (non-hydrogen) atoms.